The zero-order valence-corrected chi connectivity index (χ0v) is 12.1. The van der Waals surface area contributed by atoms with Crippen LogP contribution in [0.1, 0.15) is 28.8 Å². The fourth-order valence-electron chi connectivity index (χ4n) is 2.06. The number of carbonyl (C=O) groups excluding carboxylic acids is 1. The second-order valence-corrected chi connectivity index (χ2v) is 5.53. The zero-order valence-electron chi connectivity index (χ0n) is 9.92. The van der Waals surface area contributed by atoms with E-state index in [9.17, 15) is 4.79 Å². The standard InChI is InChI=1S/C13H17IN2O/c1-9-4-2-6-11(12(9)14)13(17)16-10-5-3-7-15-8-10/h2,4,6,10,15H,3,5,7-8H2,1H3,(H,16,17). The van der Waals surface area contributed by atoms with Crippen molar-refractivity contribution in [1.82, 2.24) is 10.6 Å². The summed E-state index contributed by atoms with van der Waals surface area (Å²) < 4.78 is 1.05. The average molecular weight is 344 g/mol. The first-order valence-corrected chi connectivity index (χ1v) is 7.03. The van der Waals surface area contributed by atoms with Gasteiger partial charge in [-0.3, -0.25) is 4.79 Å². The van der Waals surface area contributed by atoms with Gasteiger partial charge in [-0.2, -0.15) is 0 Å². The largest absolute Gasteiger partial charge is 0.348 e. The topological polar surface area (TPSA) is 41.1 Å². The number of carbonyl (C=O) groups is 1. The third kappa shape index (κ3) is 3.19. The molecule has 17 heavy (non-hydrogen) atoms. The molecular weight excluding hydrogens is 327 g/mol. The van der Waals surface area contributed by atoms with Crippen LogP contribution in [-0.4, -0.2) is 25.0 Å². The van der Waals surface area contributed by atoms with Gasteiger partial charge >= 0.3 is 0 Å². The van der Waals surface area contributed by atoms with Crippen LogP contribution < -0.4 is 10.6 Å². The number of hydrogen-bond acceptors (Lipinski definition) is 2. The normalized spacial score (nSPS) is 20.0. The summed E-state index contributed by atoms with van der Waals surface area (Å²) in [5, 5.41) is 6.40. The summed E-state index contributed by atoms with van der Waals surface area (Å²) in [4.78, 5) is 12.1. The van der Waals surface area contributed by atoms with Gasteiger partial charge in [-0.15, -0.1) is 0 Å². The molecule has 1 aromatic carbocycles. The molecule has 2 rings (SSSR count). The predicted octanol–water partition coefficient (Wildman–Crippen LogP) is 2.08. The smallest absolute Gasteiger partial charge is 0.252 e. The van der Waals surface area contributed by atoms with Gasteiger partial charge in [0.2, 0.25) is 0 Å². The lowest BCUT2D eigenvalue weighted by Crippen LogP contribution is -2.45. The SMILES string of the molecule is Cc1cccc(C(=O)NC2CCCNC2)c1I. The Morgan fingerprint density at radius 2 is 2.35 bits per heavy atom. The van der Waals surface area contributed by atoms with Crippen LogP contribution in [0.4, 0.5) is 0 Å². The number of halogens is 1. The maximum atomic E-state index is 12.1. The second-order valence-electron chi connectivity index (χ2n) is 4.45. The number of rotatable bonds is 2. The number of aryl methyl sites for hydroxylation is 1. The van der Waals surface area contributed by atoms with Crippen LogP contribution in [0.15, 0.2) is 18.2 Å². The second kappa shape index (κ2) is 5.82. The molecule has 0 spiro atoms. The molecule has 1 aromatic rings. The van der Waals surface area contributed by atoms with Crippen molar-refractivity contribution in [1.29, 1.82) is 0 Å². The summed E-state index contributed by atoms with van der Waals surface area (Å²) in [6.07, 6.45) is 2.21. The van der Waals surface area contributed by atoms with E-state index in [1.165, 1.54) is 0 Å². The lowest BCUT2D eigenvalue weighted by molar-refractivity contribution is 0.0929. The molecule has 0 bridgehead atoms. The van der Waals surface area contributed by atoms with Gasteiger partial charge in [0.1, 0.15) is 0 Å². The van der Waals surface area contributed by atoms with Gasteiger partial charge in [-0.05, 0) is 60.5 Å². The van der Waals surface area contributed by atoms with Crippen molar-refractivity contribution in [3.63, 3.8) is 0 Å². The molecule has 1 unspecified atom stereocenters. The van der Waals surface area contributed by atoms with Crippen LogP contribution in [0, 0.1) is 10.5 Å². The van der Waals surface area contributed by atoms with E-state index in [-0.39, 0.29) is 11.9 Å². The van der Waals surface area contributed by atoms with Gasteiger partial charge in [0.15, 0.2) is 0 Å². The number of benzene rings is 1. The zero-order chi connectivity index (χ0) is 12.3. The number of piperidine rings is 1. The van der Waals surface area contributed by atoms with Crippen LogP contribution in [0.3, 0.4) is 0 Å². The Morgan fingerprint density at radius 3 is 3.06 bits per heavy atom. The highest BCUT2D eigenvalue weighted by molar-refractivity contribution is 14.1. The predicted molar refractivity (Wildman–Crippen MR) is 77.3 cm³/mol. The molecular formula is C13H17IN2O. The summed E-state index contributed by atoms with van der Waals surface area (Å²) in [6, 6.07) is 6.12. The van der Waals surface area contributed by atoms with E-state index < -0.39 is 0 Å². The van der Waals surface area contributed by atoms with E-state index in [1.54, 1.807) is 0 Å². The number of amides is 1. The minimum absolute atomic E-state index is 0.0480. The van der Waals surface area contributed by atoms with Gasteiger partial charge in [0.25, 0.3) is 5.91 Å². The first kappa shape index (κ1) is 12.8. The Balaban J connectivity index is 2.06. The molecule has 3 nitrogen and oxygen atoms in total. The van der Waals surface area contributed by atoms with E-state index in [0.717, 1.165) is 40.6 Å². The van der Waals surface area contributed by atoms with E-state index in [0.29, 0.717) is 0 Å². The summed E-state index contributed by atoms with van der Waals surface area (Å²) >= 11 is 2.24. The van der Waals surface area contributed by atoms with E-state index in [1.807, 2.05) is 25.1 Å². The van der Waals surface area contributed by atoms with Gasteiger partial charge in [0.05, 0.1) is 5.56 Å². The Labute approximate surface area is 116 Å². The molecule has 1 amide bonds. The highest BCUT2D eigenvalue weighted by atomic mass is 127. The van der Waals surface area contributed by atoms with Crippen LogP contribution in [0.5, 0.6) is 0 Å². The van der Waals surface area contributed by atoms with Crippen LogP contribution >= 0.6 is 22.6 Å². The molecule has 0 saturated carbocycles. The molecule has 1 aliphatic rings. The molecule has 0 aliphatic carbocycles. The van der Waals surface area contributed by atoms with Gasteiger partial charge < -0.3 is 10.6 Å². The Bertz CT molecular complexity index is 414. The van der Waals surface area contributed by atoms with Crippen molar-refractivity contribution in [3.05, 3.63) is 32.9 Å². The van der Waals surface area contributed by atoms with Gasteiger partial charge in [-0.1, -0.05) is 12.1 Å². The van der Waals surface area contributed by atoms with Crippen LogP contribution in [0.2, 0.25) is 0 Å². The summed E-state index contributed by atoms with van der Waals surface area (Å²) in [7, 11) is 0. The third-order valence-electron chi connectivity index (χ3n) is 3.07. The lowest BCUT2D eigenvalue weighted by atomic mass is 10.1. The summed E-state index contributed by atoms with van der Waals surface area (Å²) in [5.74, 6) is 0.0480. The lowest BCUT2D eigenvalue weighted by Gasteiger charge is -2.24. The molecule has 0 radical (unpaired) electrons. The molecule has 2 N–H and O–H groups in total. The van der Waals surface area contributed by atoms with Crippen LogP contribution in [-0.2, 0) is 0 Å². The Hall–Kier alpha value is -0.620. The minimum atomic E-state index is 0.0480. The molecule has 1 atom stereocenters. The fourth-order valence-corrected chi connectivity index (χ4v) is 2.67. The molecule has 92 valence electrons. The highest BCUT2D eigenvalue weighted by Gasteiger charge is 2.18. The molecule has 0 aromatic heterocycles. The maximum absolute atomic E-state index is 12.1. The maximum Gasteiger partial charge on any atom is 0.252 e. The van der Waals surface area contributed by atoms with Crippen molar-refractivity contribution in [2.45, 2.75) is 25.8 Å². The molecule has 1 saturated heterocycles. The Morgan fingerprint density at radius 1 is 1.53 bits per heavy atom. The third-order valence-corrected chi connectivity index (χ3v) is 4.50. The molecule has 4 heteroatoms. The van der Waals surface area contributed by atoms with Crippen molar-refractivity contribution in [2.75, 3.05) is 13.1 Å². The van der Waals surface area contributed by atoms with E-state index in [4.69, 9.17) is 0 Å². The van der Waals surface area contributed by atoms with Crippen molar-refractivity contribution < 1.29 is 4.79 Å². The minimum Gasteiger partial charge on any atom is -0.348 e. The van der Waals surface area contributed by atoms with Crippen molar-refractivity contribution in [3.8, 4) is 0 Å². The van der Waals surface area contributed by atoms with Crippen LogP contribution in [0.25, 0.3) is 0 Å². The summed E-state index contributed by atoms with van der Waals surface area (Å²) in [5.41, 5.74) is 1.94. The highest BCUT2D eigenvalue weighted by Crippen LogP contribution is 2.17. The fraction of sp³-hybridized carbons (Fsp3) is 0.462. The van der Waals surface area contributed by atoms with Crippen molar-refractivity contribution in [2.24, 2.45) is 0 Å². The number of nitrogens with one attached hydrogen (secondary N) is 2. The molecule has 1 heterocycles. The number of hydrogen-bond donors (Lipinski definition) is 2. The Kier molecular flexibility index (Phi) is 4.39. The first-order valence-electron chi connectivity index (χ1n) is 5.95. The first-order chi connectivity index (χ1) is 8.18. The quantitative estimate of drug-likeness (QED) is 0.807. The average Bonchev–Trinajstić information content (AvgIpc) is 2.34. The van der Waals surface area contributed by atoms with E-state index >= 15 is 0 Å². The van der Waals surface area contributed by atoms with Gasteiger partial charge in [0, 0.05) is 16.2 Å². The molecule has 1 aliphatic heterocycles. The van der Waals surface area contributed by atoms with Gasteiger partial charge in [-0.25, -0.2) is 0 Å². The summed E-state index contributed by atoms with van der Waals surface area (Å²) in [6.45, 7) is 3.98. The molecule has 1 fully saturated rings. The monoisotopic (exact) mass is 344 g/mol. The van der Waals surface area contributed by atoms with E-state index in [2.05, 4.69) is 33.2 Å². The van der Waals surface area contributed by atoms with Crippen molar-refractivity contribution >= 4 is 28.5 Å².